The topological polar surface area (TPSA) is 103 Å². The number of halogens is 1. The Balaban J connectivity index is 1.63. The third-order valence-corrected chi connectivity index (χ3v) is 5.60. The number of rotatable bonds is 7. The molecule has 2 aromatic carbocycles. The van der Waals surface area contributed by atoms with Crippen LogP contribution in [-0.4, -0.2) is 26.5 Å². The fraction of sp³-hybridized carbons (Fsp3) is 0.238. The van der Waals surface area contributed by atoms with E-state index < -0.39 is 5.56 Å². The first-order valence-electron chi connectivity index (χ1n) is 9.34. The number of nitrogens with one attached hydrogen (secondary N) is 1. The van der Waals surface area contributed by atoms with E-state index in [9.17, 15) is 9.59 Å². The molecule has 0 aliphatic rings. The lowest BCUT2D eigenvalue weighted by Gasteiger charge is -2.09. The van der Waals surface area contributed by atoms with Crippen LogP contribution in [0.2, 0.25) is 5.02 Å². The molecule has 3 aromatic rings. The van der Waals surface area contributed by atoms with Crippen LogP contribution in [-0.2, 0) is 11.2 Å². The summed E-state index contributed by atoms with van der Waals surface area (Å²) in [6, 6.07) is 14.8. The summed E-state index contributed by atoms with van der Waals surface area (Å²) in [5.41, 5.74) is 2.63. The number of carbonyl (C=O) groups excluding carboxylic acids is 1. The van der Waals surface area contributed by atoms with Crippen molar-refractivity contribution in [1.82, 2.24) is 14.9 Å². The highest BCUT2D eigenvalue weighted by atomic mass is 35.5. The number of amides is 1. The van der Waals surface area contributed by atoms with Gasteiger partial charge >= 0.3 is 0 Å². The van der Waals surface area contributed by atoms with E-state index in [2.05, 4.69) is 29.4 Å². The molecule has 0 saturated heterocycles. The fourth-order valence-electron chi connectivity index (χ4n) is 2.70. The van der Waals surface area contributed by atoms with Crippen molar-refractivity contribution in [1.29, 1.82) is 0 Å². The van der Waals surface area contributed by atoms with Crippen LogP contribution < -0.4 is 16.7 Å². The highest BCUT2D eigenvalue weighted by molar-refractivity contribution is 7.99. The lowest BCUT2D eigenvalue weighted by molar-refractivity contribution is -0.113. The molecule has 9 heteroatoms. The maximum atomic E-state index is 12.5. The number of nitrogen functional groups attached to an aromatic ring is 1. The summed E-state index contributed by atoms with van der Waals surface area (Å²) in [6.07, 6.45) is 0.337. The normalized spacial score (nSPS) is 10.9. The zero-order valence-corrected chi connectivity index (χ0v) is 18.2. The molecule has 1 aromatic heterocycles. The second-order valence-electron chi connectivity index (χ2n) is 7.02. The van der Waals surface area contributed by atoms with Crippen molar-refractivity contribution >= 4 is 35.0 Å². The molecule has 1 amide bonds. The molecule has 3 N–H and O–H groups in total. The first-order valence-corrected chi connectivity index (χ1v) is 10.7. The number of aromatic nitrogens is 3. The van der Waals surface area contributed by atoms with Crippen LogP contribution >= 0.6 is 23.4 Å². The first kappa shape index (κ1) is 21.9. The van der Waals surface area contributed by atoms with E-state index in [4.69, 9.17) is 17.4 Å². The molecule has 3 rings (SSSR count). The van der Waals surface area contributed by atoms with E-state index in [1.165, 1.54) is 5.56 Å². The SMILES string of the molecule is CC(C)c1ccc(Cc2nnc(SCC(=O)Nc3ccc(Cl)cc3)n(N)c2=O)cc1. The predicted molar refractivity (Wildman–Crippen MR) is 121 cm³/mol. The van der Waals surface area contributed by atoms with Gasteiger partial charge in [-0.2, -0.15) is 4.68 Å². The number of anilines is 1. The molecule has 0 aliphatic heterocycles. The van der Waals surface area contributed by atoms with Gasteiger partial charge in [0.15, 0.2) is 0 Å². The Labute approximate surface area is 183 Å². The van der Waals surface area contributed by atoms with Crippen LogP contribution in [0.3, 0.4) is 0 Å². The van der Waals surface area contributed by atoms with Crippen molar-refractivity contribution in [2.75, 3.05) is 16.9 Å². The first-order chi connectivity index (χ1) is 14.3. The largest absolute Gasteiger partial charge is 0.334 e. The Bertz CT molecular complexity index is 1080. The van der Waals surface area contributed by atoms with Crippen LogP contribution in [0.5, 0.6) is 0 Å². The minimum atomic E-state index is -0.432. The van der Waals surface area contributed by atoms with E-state index in [1.54, 1.807) is 24.3 Å². The molecule has 0 fully saturated rings. The molecule has 0 radical (unpaired) electrons. The van der Waals surface area contributed by atoms with E-state index in [-0.39, 0.29) is 22.5 Å². The van der Waals surface area contributed by atoms with Crippen LogP contribution in [0, 0.1) is 0 Å². The van der Waals surface area contributed by atoms with Gasteiger partial charge in [-0.15, -0.1) is 10.2 Å². The fourth-order valence-corrected chi connectivity index (χ4v) is 3.48. The number of nitrogens with two attached hydrogens (primary N) is 1. The second-order valence-corrected chi connectivity index (χ2v) is 8.40. The van der Waals surface area contributed by atoms with Crippen molar-refractivity contribution in [3.63, 3.8) is 0 Å². The average molecular weight is 444 g/mol. The summed E-state index contributed by atoms with van der Waals surface area (Å²) >= 11 is 6.86. The molecule has 1 heterocycles. The Morgan fingerprint density at radius 1 is 1.13 bits per heavy atom. The van der Waals surface area contributed by atoms with Crippen molar-refractivity contribution in [2.45, 2.75) is 31.3 Å². The standard InChI is InChI=1S/C21H22ClN5O2S/c1-13(2)15-5-3-14(4-6-15)11-18-20(29)27(23)21(26-25-18)30-12-19(28)24-17-9-7-16(22)8-10-17/h3-10,13H,11-12,23H2,1-2H3,(H,24,28). The Morgan fingerprint density at radius 2 is 1.80 bits per heavy atom. The number of nitrogens with zero attached hydrogens (tertiary/aromatic N) is 3. The van der Waals surface area contributed by atoms with Gasteiger partial charge in [-0.1, -0.05) is 61.5 Å². The summed E-state index contributed by atoms with van der Waals surface area (Å²) in [4.78, 5) is 24.7. The number of hydrogen-bond donors (Lipinski definition) is 2. The van der Waals surface area contributed by atoms with Gasteiger partial charge < -0.3 is 11.2 Å². The molecule has 156 valence electrons. The molecular weight excluding hydrogens is 422 g/mol. The zero-order valence-electron chi connectivity index (χ0n) is 16.6. The Kier molecular flexibility index (Phi) is 7.12. The summed E-state index contributed by atoms with van der Waals surface area (Å²) in [6.45, 7) is 4.25. The average Bonchev–Trinajstić information content (AvgIpc) is 2.73. The highest BCUT2D eigenvalue weighted by Gasteiger charge is 2.13. The summed E-state index contributed by atoms with van der Waals surface area (Å²) < 4.78 is 0.936. The second kappa shape index (κ2) is 9.77. The molecule has 0 saturated carbocycles. The number of hydrogen-bond acceptors (Lipinski definition) is 6. The van der Waals surface area contributed by atoms with Crippen molar-refractivity contribution in [3.05, 3.63) is 80.7 Å². The maximum absolute atomic E-state index is 12.5. The monoisotopic (exact) mass is 443 g/mol. The van der Waals surface area contributed by atoms with Gasteiger partial charge in [-0.25, -0.2) is 0 Å². The number of thioether (sulfide) groups is 1. The van der Waals surface area contributed by atoms with Crippen LogP contribution in [0.4, 0.5) is 5.69 Å². The molecule has 0 aliphatic carbocycles. The van der Waals surface area contributed by atoms with Gasteiger partial charge in [0.05, 0.1) is 5.75 Å². The third kappa shape index (κ3) is 5.61. The Morgan fingerprint density at radius 3 is 2.43 bits per heavy atom. The smallest absolute Gasteiger partial charge is 0.294 e. The zero-order chi connectivity index (χ0) is 21.7. The maximum Gasteiger partial charge on any atom is 0.294 e. The minimum absolute atomic E-state index is 0.0317. The van der Waals surface area contributed by atoms with Gasteiger partial charge in [-0.3, -0.25) is 9.59 Å². The summed E-state index contributed by atoms with van der Waals surface area (Å²) in [7, 11) is 0. The molecular formula is C21H22ClN5O2S. The van der Waals surface area contributed by atoms with Crippen molar-refractivity contribution < 1.29 is 4.79 Å². The van der Waals surface area contributed by atoms with Gasteiger partial charge in [0.1, 0.15) is 5.69 Å². The van der Waals surface area contributed by atoms with Crippen LogP contribution in [0.15, 0.2) is 58.5 Å². The van der Waals surface area contributed by atoms with Gasteiger partial charge in [0.2, 0.25) is 11.1 Å². The quantitative estimate of drug-likeness (QED) is 0.428. The summed E-state index contributed by atoms with van der Waals surface area (Å²) in [5, 5.41) is 11.5. The van der Waals surface area contributed by atoms with Crippen molar-refractivity contribution in [3.8, 4) is 0 Å². The van der Waals surface area contributed by atoms with Gasteiger partial charge in [0.25, 0.3) is 5.56 Å². The van der Waals surface area contributed by atoms with E-state index in [1.807, 2.05) is 24.3 Å². The van der Waals surface area contributed by atoms with Crippen LogP contribution in [0.25, 0.3) is 0 Å². The Hall–Kier alpha value is -2.84. The molecule has 30 heavy (non-hydrogen) atoms. The number of carbonyl (C=O) groups is 1. The van der Waals surface area contributed by atoms with Gasteiger partial charge in [-0.05, 0) is 41.3 Å². The van der Waals surface area contributed by atoms with E-state index in [0.717, 1.165) is 22.0 Å². The molecule has 0 spiro atoms. The van der Waals surface area contributed by atoms with E-state index >= 15 is 0 Å². The summed E-state index contributed by atoms with van der Waals surface area (Å²) in [5.74, 6) is 6.10. The predicted octanol–water partition coefficient (Wildman–Crippen LogP) is 3.45. The van der Waals surface area contributed by atoms with Crippen LogP contribution in [0.1, 0.15) is 36.6 Å². The van der Waals surface area contributed by atoms with Gasteiger partial charge in [0, 0.05) is 17.1 Å². The lowest BCUT2D eigenvalue weighted by Crippen LogP contribution is -2.34. The molecule has 0 bridgehead atoms. The van der Waals surface area contributed by atoms with E-state index in [0.29, 0.717) is 23.0 Å². The molecule has 0 atom stereocenters. The molecule has 0 unspecified atom stereocenters. The molecule has 7 nitrogen and oxygen atoms in total. The minimum Gasteiger partial charge on any atom is -0.334 e. The third-order valence-electron chi connectivity index (χ3n) is 4.41. The lowest BCUT2D eigenvalue weighted by atomic mass is 10.0. The highest BCUT2D eigenvalue weighted by Crippen LogP contribution is 2.17. The number of benzene rings is 2. The van der Waals surface area contributed by atoms with Crippen molar-refractivity contribution in [2.24, 2.45) is 0 Å².